The second kappa shape index (κ2) is 6.10. The van der Waals surface area contributed by atoms with Crippen LogP contribution in [0.4, 0.5) is 5.82 Å². The summed E-state index contributed by atoms with van der Waals surface area (Å²) in [4.78, 5) is 17.7. The molecule has 0 radical (unpaired) electrons. The zero-order valence-electron chi connectivity index (χ0n) is 10.2. The average Bonchev–Trinajstić information content (AvgIpc) is 2.30. The first-order valence-electron chi connectivity index (χ1n) is 5.61. The van der Waals surface area contributed by atoms with Gasteiger partial charge in [-0.25, -0.2) is 4.98 Å². The summed E-state index contributed by atoms with van der Waals surface area (Å²) in [5.41, 5.74) is 1.11. The second-order valence-electron chi connectivity index (χ2n) is 3.64. The quantitative estimate of drug-likeness (QED) is 0.822. The molecule has 1 aromatic heterocycles. The van der Waals surface area contributed by atoms with E-state index in [1.54, 1.807) is 11.1 Å². The van der Waals surface area contributed by atoms with E-state index >= 15 is 0 Å². The molecule has 1 rings (SSSR count). The van der Waals surface area contributed by atoms with Crippen molar-refractivity contribution in [3.05, 3.63) is 23.9 Å². The first-order valence-corrected chi connectivity index (χ1v) is 5.61. The molecule has 0 spiro atoms. The van der Waals surface area contributed by atoms with Gasteiger partial charge >= 0.3 is 0 Å². The van der Waals surface area contributed by atoms with E-state index in [2.05, 4.69) is 10.3 Å². The molecule has 4 heteroatoms. The van der Waals surface area contributed by atoms with Crippen LogP contribution in [-0.2, 0) is 4.79 Å². The molecule has 0 saturated heterocycles. The molecular weight excluding hydrogens is 202 g/mol. The molecule has 16 heavy (non-hydrogen) atoms. The van der Waals surface area contributed by atoms with Gasteiger partial charge < -0.3 is 10.2 Å². The van der Waals surface area contributed by atoms with Crippen LogP contribution in [0.3, 0.4) is 0 Å². The van der Waals surface area contributed by atoms with Crippen LogP contribution in [0, 0.1) is 6.92 Å². The Morgan fingerprint density at radius 1 is 1.38 bits per heavy atom. The van der Waals surface area contributed by atoms with Crippen LogP contribution in [0.5, 0.6) is 0 Å². The lowest BCUT2D eigenvalue weighted by Crippen LogP contribution is -2.35. The third-order valence-electron chi connectivity index (χ3n) is 2.45. The molecule has 0 aliphatic carbocycles. The van der Waals surface area contributed by atoms with E-state index in [1.165, 1.54) is 0 Å². The lowest BCUT2D eigenvalue weighted by molar-refractivity contribution is -0.128. The Kier molecular flexibility index (Phi) is 4.76. The van der Waals surface area contributed by atoms with Crippen molar-refractivity contribution < 1.29 is 4.79 Å². The summed E-state index contributed by atoms with van der Waals surface area (Å²) in [7, 11) is 0. The van der Waals surface area contributed by atoms with Crippen LogP contribution in [0.1, 0.15) is 19.4 Å². The first-order chi connectivity index (χ1) is 7.67. The molecule has 0 saturated carbocycles. The van der Waals surface area contributed by atoms with Crippen LogP contribution < -0.4 is 5.32 Å². The molecule has 0 bridgehead atoms. The SMILES string of the molecule is CCN(CC)C(=O)CNc1ccc(C)cn1. The largest absolute Gasteiger partial charge is 0.361 e. The predicted molar refractivity (Wildman–Crippen MR) is 65.4 cm³/mol. The van der Waals surface area contributed by atoms with Crippen molar-refractivity contribution in [2.45, 2.75) is 20.8 Å². The van der Waals surface area contributed by atoms with Crippen LogP contribution in [0.15, 0.2) is 18.3 Å². The maximum Gasteiger partial charge on any atom is 0.241 e. The maximum absolute atomic E-state index is 11.7. The molecule has 1 heterocycles. The summed E-state index contributed by atoms with van der Waals surface area (Å²) in [5, 5.41) is 3.02. The summed E-state index contributed by atoms with van der Waals surface area (Å²) in [6.45, 7) is 7.74. The standard InChI is InChI=1S/C12H19N3O/c1-4-15(5-2)12(16)9-14-11-7-6-10(3)8-13-11/h6-8H,4-5,9H2,1-3H3,(H,13,14). The monoisotopic (exact) mass is 221 g/mol. The number of aryl methyl sites for hydroxylation is 1. The normalized spacial score (nSPS) is 9.94. The van der Waals surface area contributed by atoms with Crippen LogP contribution in [0.2, 0.25) is 0 Å². The van der Waals surface area contributed by atoms with Crippen molar-refractivity contribution in [2.24, 2.45) is 0 Å². The third kappa shape index (κ3) is 3.53. The van der Waals surface area contributed by atoms with E-state index in [9.17, 15) is 4.79 Å². The third-order valence-corrected chi connectivity index (χ3v) is 2.45. The number of carbonyl (C=O) groups is 1. The molecule has 0 aromatic carbocycles. The molecule has 1 aromatic rings. The summed E-state index contributed by atoms with van der Waals surface area (Å²) < 4.78 is 0. The molecular formula is C12H19N3O. The molecule has 0 atom stereocenters. The van der Waals surface area contributed by atoms with Gasteiger partial charge in [0.25, 0.3) is 0 Å². The van der Waals surface area contributed by atoms with Gasteiger partial charge in [-0.15, -0.1) is 0 Å². The molecule has 4 nitrogen and oxygen atoms in total. The number of nitrogens with one attached hydrogen (secondary N) is 1. The van der Waals surface area contributed by atoms with Gasteiger partial charge in [-0.05, 0) is 32.4 Å². The van der Waals surface area contributed by atoms with E-state index in [4.69, 9.17) is 0 Å². The molecule has 0 fully saturated rings. The van der Waals surface area contributed by atoms with Crippen LogP contribution >= 0.6 is 0 Å². The van der Waals surface area contributed by atoms with Gasteiger partial charge in [0, 0.05) is 19.3 Å². The highest BCUT2D eigenvalue weighted by molar-refractivity contribution is 5.80. The molecule has 1 amide bonds. The molecule has 88 valence electrons. The van der Waals surface area contributed by atoms with Crippen LogP contribution in [-0.4, -0.2) is 35.4 Å². The Morgan fingerprint density at radius 2 is 2.06 bits per heavy atom. The molecule has 1 N–H and O–H groups in total. The minimum absolute atomic E-state index is 0.104. The Morgan fingerprint density at radius 3 is 2.56 bits per heavy atom. The van der Waals surface area contributed by atoms with Crippen molar-refractivity contribution in [2.75, 3.05) is 25.0 Å². The highest BCUT2D eigenvalue weighted by atomic mass is 16.2. The number of anilines is 1. The van der Waals surface area contributed by atoms with Gasteiger partial charge in [0.1, 0.15) is 5.82 Å². The number of pyridine rings is 1. The Balaban J connectivity index is 2.45. The predicted octanol–water partition coefficient (Wildman–Crippen LogP) is 1.67. The topological polar surface area (TPSA) is 45.2 Å². The van der Waals surface area contributed by atoms with Crippen molar-refractivity contribution in [1.29, 1.82) is 0 Å². The fourth-order valence-corrected chi connectivity index (χ4v) is 1.43. The van der Waals surface area contributed by atoms with Crippen molar-refractivity contribution in [3.63, 3.8) is 0 Å². The number of rotatable bonds is 5. The summed E-state index contributed by atoms with van der Waals surface area (Å²) in [5.74, 6) is 0.846. The number of amides is 1. The Bertz CT molecular complexity index is 331. The van der Waals surface area contributed by atoms with Crippen LogP contribution in [0.25, 0.3) is 0 Å². The first kappa shape index (κ1) is 12.5. The van der Waals surface area contributed by atoms with E-state index < -0.39 is 0 Å². The number of hydrogen-bond acceptors (Lipinski definition) is 3. The molecule has 0 aliphatic rings. The highest BCUT2D eigenvalue weighted by Gasteiger charge is 2.08. The van der Waals surface area contributed by atoms with Gasteiger partial charge in [0.15, 0.2) is 0 Å². The summed E-state index contributed by atoms with van der Waals surface area (Å²) >= 11 is 0. The Labute approximate surface area is 96.7 Å². The summed E-state index contributed by atoms with van der Waals surface area (Å²) in [6.07, 6.45) is 1.78. The fraction of sp³-hybridized carbons (Fsp3) is 0.500. The maximum atomic E-state index is 11.7. The second-order valence-corrected chi connectivity index (χ2v) is 3.64. The number of hydrogen-bond donors (Lipinski definition) is 1. The van der Waals surface area contributed by atoms with Gasteiger partial charge in [-0.3, -0.25) is 4.79 Å². The Hall–Kier alpha value is -1.58. The zero-order valence-corrected chi connectivity index (χ0v) is 10.2. The zero-order chi connectivity index (χ0) is 12.0. The fourth-order valence-electron chi connectivity index (χ4n) is 1.43. The van der Waals surface area contributed by atoms with Crippen molar-refractivity contribution in [3.8, 4) is 0 Å². The van der Waals surface area contributed by atoms with Gasteiger partial charge in [0.05, 0.1) is 6.54 Å². The van der Waals surface area contributed by atoms with E-state index in [0.29, 0.717) is 6.54 Å². The van der Waals surface area contributed by atoms with E-state index in [0.717, 1.165) is 24.5 Å². The lowest BCUT2D eigenvalue weighted by Gasteiger charge is -2.18. The van der Waals surface area contributed by atoms with Gasteiger partial charge in [0.2, 0.25) is 5.91 Å². The van der Waals surface area contributed by atoms with E-state index in [1.807, 2.05) is 32.9 Å². The van der Waals surface area contributed by atoms with Crippen molar-refractivity contribution in [1.82, 2.24) is 9.88 Å². The van der Waals surface area contributed by atoms with E-state index in [-0.39, 0.29) is 5.91 Å². The minimum atomic E-state index is 0.104. The number of aromatic nitrogens is 1. The average molecular weight is 221 g/mol. The molecule has 0 unspecified atom stereocenters. The highest BCUT2D eigenvalue weighted by Crippen LogP contribution is 2.03. The summed E-state index contributed by atoms with van der Waals surface area (Å²) in [6, 6.07) is 3.85. The van der Waals surface area contributed by atoms with Gasteiger partial charge in [-0.1, -0.05) is 6.07 Å². The molecule has 0 aliphatic heterocycles. The van der Waals surface area contributed by atoms with Gasteiger partial charge in [-0.2, -0.15) is 0 Å². The van der Waals surface area contributed by atoms with Crippen molar-refractivity contribution >= 4 is 11.7 Å². The lowest BCUT2D eigenvalue weighted by atomic mass is 10.3. The minimum Gasteiger partial charge on any atom is -0.361 e. The number of likely N-dealkylation sites (N-methyl/N-ethyl adjacent to an activating group) is 1. The number of nitrogens with zero attached hydrogens (tertiary/aromatic N) is 2. The number of carbonyl (C=O) groups excluding carboxylic acids is 1. The smallest absolute Gasteiger partial charge is 0.241 e.